The molecular weight excluding hydrogens is 192 g/mol. The van der Waals surface area contributed by atoms with Crippen molar-refractivity contribution in [3.63, 3.8) is 0 Å². The highest BCUT2D eigenvalue weighted by molar-refractivity contribution is 5.80. The van der Waals surface area contributed by atoms with Crippen LogP contribution in [0.2, 0.25) is 0 Å². The molecule has 0 saturated heterocycles. The van der Waals surface area contributed by atoms with Crippen molar-refractivity contribution in [3.05, 3.63) is 23.8 Å². The highest BCUT2D eigenvalue weighted by atomic mass is 16.2. The molecule has 0 bridgehead atoms. The molecule has 0 aromatic carbocycles. The highest BCUT2D eigenvalue weighted by Gasteiger charge is 2.09. The fourth-order valence-corrected chi connectivity index (χ4v) is 1.08. The molecule has 0 aliphatic heterocycles. The van der Waals surface area contributed by atoms with E-state index in [1.807, 2.05) is 6.92 Å². The number of nitrogens with zero attached hydrogens (tertiary/aromatic N) is 2. The van der Waals surface area contributed by atoms with E-state index in [9.17, 15) is 4.79 Å². The molecule has 0 spiro atoms. The lowest BCUT2D eigenvalue weighted by Crippen LogP contribution is -2.40. The van der Waals surface area contributed by atoms with Gasteiger partial charge in [-0.3, -0.25) is 14.8 Å². The van der Waals surface area contributed by atoms with Crippen molar-refractivity contribution in [1.29, 1.82) is 0 Å². The largest absolute Gasteiger partial charge is 0.358 e. The third-order valence-electron chi connectivity index (χ3n) is 2.06. The fourth-order valence-electron chi connectivity index (χ4n) is 1.08. The summed E-state index contributed by atoms with van der Waals surface area (Å²) in [6.45, 7) is 4.24. The number of hydrogen-bond acceptors (Lipinski definition) is 4. The SMILES string of the molecule is CNC(=O)C(C)NCc1cnc(C)cn1. The first-order valence-corrected chi connectivity index (χ1v) is 4.86. The number of carbonyl (C=O) groups is 1. The molecule has 82 valence electrons. The maximum Gasteiger partial charge on any atom is 0.236 e. The number of amides is 1. The van der Waals surface area contributed by atoms with Crippen molar-refractivity contribution < 1.29 is 4.79 Å². The first-order valence-electron chi connectivity index (χ1n) is 4.86. The van der Waals surface area contributed by atoms with Crippen LogP contribution in [0, 0.1) is 6.92 Å². The zero-order valence-corrected chi connectivity index (χ0v) is 9.24. The van der Waals surface area contributed by atoms with Gasteiger partial charge in [0.2, 0.25) is 5.91 Å². The maximum atomic E-state index is 11.2. The van der Waals surface area contributed by atoms with Gasteiger partial charge in [0, 0.05) is 26.0 Å². The molecule has 1 aromatic rings. The summed E-state index contributed by atoms with van der Waals surface area (Å²) >= 11 is 0. The number of carbonyl (C=O) groups excluding carboxylic acids is 1. The lowest BCUT2D eigenvalue weighted by atomic mass is 10.3. The lowest BCUT2D eigenvalue weighted by Gasteiger charge is -2.11. The van der Waals surface area contributed by atoms with Crippen LogP contribution in [0.1, 0.15) is 18.3 Å². The number of aryl methyl sites for hydroxylation is 1. The van der Waals surface area contributed by atoms with Gasteiger partial charge in [0.25, 0.3) is 0 Å². The van der Waals surface area contributed by atoms with Crippen LogP contribution in [0.5, 0.6) is 0 Å². The summed E-state index contributed by atoms with van der Waals surface area (Å²) in [5, 5.41) is 5.63. The molecule has 0 aliphatic rings. The first-order chi connectivity index (χ1) is 7.13. The minimum absolute atomic E-state index is 0.0323. The summed E-state index contributed by atoms with van der Waals surface area (Å²) in [5.41, 5.74) is 1.72. The molecule has 5 heteroatoms. The van der Waals surface area contributed by atoms with Gasteiger partial charge in [-0.1, -0.05) is 0 Å². The van der Waals surface area contributed by atoms with Gasteiger partial charge in [-0.25, -0.2) is 0 Å². The standard InChI is InChI=1S/C10H16N4O/c1-7-4-14-9(5-12-7)6-13-8(2)10(15)11-3/h4-5,8,13H,6H2,1-3H3,(H,11,15). The lowest BCUT2D eigenvalue weighted by molar-refractivity contribution is -0.122. The van der Waals surface area contributed by atoms with E-state index in [2.05, 4.69) is 20.6 Å². The monoisotopic (exact) mass is 208 g/mol. The van der Waals surface area contributed by atoms with E-state index >= 15 is 0 Å². The van der Waals surface area contributed by atoms with Crippen LogP contribution in [0.3, 0.4) is 0 Å². The van der Waals surface area contributed by atoms with Crippen molar-refractivity contribution >= 4 is 5.91 Å². The predicted octanol–water partition coefficient (Wildman–Crippen LogP) is 0.00912. The van der Waals surface area contributed by atoms with Gasteiger partial charge >= 0.3 is 0 Å². The van der Waals surface area contributed by atoms with Crippen LogP contribution in [-0.2, 0) is 11.3 Å². The van der Waals surface area contributed by atoms with Gasteiger partial charge in [-0.15, -0.1) is 0 Å². The summed E-state index contributed by atoms with van der Waals surface area (Å²) in [4.78, 5) is 19.5. The third-order valence-corrected chi connectivity index (χ3v) is 2.06. The number of hydrogen-bond donors (Lipinski definition) is 2. The van der Waals surface area contributed by atoms with E-state index in [1.165, 1.54) is 0 Å². The Kier molecular flexibility index (Phi) is 4.17. The molecule has 1 atom stereocenters. The molecule has 0 radical (unpaired) electrons. The Morgan fingerprint density at radius 1 is 1.47 bits per heavy atom. The van der Waals surface area contributed by atoms with E-state index in [4.69, 9.17) is 0 Å². The summed E-state index contributed by atoms with van der Waals surface area (Å²) in [7, 11) is 1.62. The second-order valence-corrected chi connectivity index (χ2v) is 3.37. The van der Waals surface area contributed by atoms with Crippen molar-refractivity contribution in [3.8, 4) is 0 Å². The topological polar surface area (TPSA) is 66.9 Å². The Bertz CT molecular complexity index is 323. The van der Waals surface area contributed by atoms with Gasteiger partial charge < -0.3 is 10.6 Å². The summed E-state index contributed by atoms with van der Waals surface area (Å²) in [5.74, 6) is -0.0323. The quantitative estimate of drug-likeness (QED) is 0.731. The molecule has 1 unspecified atom stereocenters. The number of likely N-dealkylation sites (N-methyl/N-ethyl adjacent to an activating group) is 1. The van der Waals surface area contributed by atoms with Crippen LogP contribution in [0.25, 0.3) is 0 Å². The Morgan fingerprint density at radius 3 is 2.73 bits per heavy atom. The molecule has 0 saturated carbocycles. The van der Waals surface area contributed by atoms with Gasteiger partial charge in [-0.05, 0) is 13.8 Å². The summed E-state index contributed by atoms with van der Waals surface area (Å²) in [6.07, 6.45) is 3.42. The smallest absolute Gasteiger partial charge is 0.236 e. The average Bonchev–Trinajstić information content (AvgIpc) is 2.26. The zero-order chi connectivity index (χ0) is 11.3. The maximum absolute atomic E-state index is 11.2. The minimum Gasteiger partial charge on any atom is -0.358 e. The van der Waals surface area contributed by atoms with Crippen molar-refractivity contribution in [2.24, 2.45) is 0 Å². The second kappa shape index (κ2) is 5.41. The second-order valence-electron chi connectivity index (χ2n) is 3.37. The summed E-state index contributed by atoms with van der Waals surface area (Å²) in [6, 6.07) is -0.224. The molecule has 1 heterocycles. The first kappa shape index (κ1) is 11.6. The average molecular weight is 208 g/mol. The molecule has 1 amide bonds. The van der Waals surface area contributed by atoms with Gasteiger partial charge in [0.05, 0.1) is 17.4 Å². The van der Waals surface area contributed by atoms with Crippen molar-refractivity contribution in [1.82, 2.24) is 20.6 Å². The molecule has 1 aromatic heterocycles. The Hall–Kier alpha value is -1.49. The van der Waals surface area contributed by atoms with Crippen LogP contribution in [0.15, 0.2) is 12.4 Å². The summed E-state index contributed by atoms with van der Waals surface area (Å²) < 4.78 is 0. The molecule has 2 N–H and O–H groups in total. The number of rotatable bonds is 4. The van der Waals surface area contributed by atoms with E-state index in [0.29, 0.717) is 6.54 Å². The predicted molar refractivity (Wildman–Crippen MR) is 57.1 cm³/mol. The normalized spacial score (nSPS) is 12.2. The zero-order valence-electron chi connectivity index (χ0n) is 9.24. The number of aromatic nitrogens is 2. The minimum atomic E-state index is -0.224. The van der Waals surface area contributed by atoms with E-state index in [1.54, 1.807) is 26.4 Å². The van der Waals surface area contributed by atoms with Crippen LogP contribution in [0.4, 0.5) is 0 Å². The van der Waals surface area contributed by atoms with Gasteiger partial charge in [-0.2, -0.15) is 0 Å². The van der Waals surface area contributed by atoms with Gasteiger partial charge in [0.15, 0.2) is 0 Å². The molecular formula is C10H16N4O. The Balaban J connectivity index is 2.43. The fraction of sp³-hybridized carbons (Fsp3) is 0.500. The third kappa shape index (κ3) is 3.63. The van der Waals surface area contributed by atoms with Crippen LogP contribution in [-0.4, -0.2) is 29.0 Å². The molecule has 1 rings (SSSR count). The van der Waals surface area contributed by atoms with Gasteiger partial charge in [0.1, 0.15) is 0 Å². The van der Waals surface area contributed by atoms with Crippen LogP contribution >= 0.6 is 0 Å². The van der Waals surface area contributed by atoms with Crippen LogP contribution < -0.4 is 10.6 Å². The molecule has 0 aliphatic carbocycles. The molecule has 15 heavy (non-hydrogen) atoms. The van der Waals surface area contributed by atoms with Crippen molar-refractivity contribution in [2.75, 3.05) is 7.05 Å². The Morgan fingerprint density at radius 2 is 2.20 bits per heavy atom. The van der Waals surface area contributed by atoms with E-state index in [-0.39, 0.29) is 11.9 Å². The number of nitrogens with one attached hydrogen (secondary N) is 2. The molecule has 5 nitrogen and oxygen atoms in total. The van der Waals surface area contributed by atoms with E-state index < -0.39 is 0 Å². The highest BCUT2D eigenvalue weighted by Crippen LogP contribution is 1.94. The van der Waals surface area contributed by atoms with E-state index in [0.717, 1.165) is 11.4 Å². The Labute approximate surface area is 89.3 Å². The van der Waals surface area contributed by atoms with Crippen molar-refractivity contribution in [2.45, 2.75) is 26.4 Å². The molecule has 0 fully saturated rings.